The summed E-state index contributed by atoms with van der Waals surface area (Å²) in [5.41, 5.74) is 4.55. The topological polar surface area (TPSA) is 150 Å². The molecule has 2 amide bonds. The third-order valence-corrected chi connectivity index (χ3v) is 5.56. The minimum absolute atomic E-state index is 0.0798. The van der Waals surface area contributed by atoms with Crippen LogP contribution in [0.4, 0.5) is 4.79 Å². The SMILES string of the molecule is NCCCCN(N)C(=O)N1CCC[C@]1(C(=O)O)C(CCc1ccccc1)C(=O)O. The largest absolute Gasteiger partial charge is 0.481 e. The lowest BCUT2D eigenvalue weighted by Gasteiger charge is -2.40. The summed E-state index contributed by atoms with van der Waals surface area (Å²) in [6.45, 7) is 0.847. The highest BCUT2D eigenvalue weighted by Crippen LogP contribution is 2.39. The van der Waals surface area contributed by atoms with Crippen LogP contribution in [0.1, 0.15) is 37.7 Å². The van der Waals surface area contributed by atoms with Crippen molar-refractivity contribution >= 4 is 18.0 Å². The molecule has 1 aromatic rings. The summed E-state index contributed by atoms with van der Waals surface area (Å²) in [7, 11) is 0. The van der Waals surface area contributed by atoms with Crippen molar-refractivity contribution in [3.8, 4) is 0 Å². The number of amides is 2. The van der Waals surface area contributed by atoms with Crippen molar-refractivity contribution in [1.29, 1.82) is 0 Å². The van der Waals surface area contributed by atoms with Gasteiger partial charge in [-0.2, -0.15) is 0 Å². The van der Waals surface area contributed by atoms with Crippen LogP contribution in [-0.4, -0.2) is 63.3 Å². The molecule has 1 saturated heterocycles. The Morgan fingerprint density at radius 2 is 1.86 bits per heavy atom. The Balaban J connectivity index is 2.26. The van der Waals surface area contributed by atoms with Crippen LogP contribution in [0.3, 0.4) is 0 Å². The van der Waals surface area contributed by atoms with Crippen LogP contribution in [0.15, 0.2) is 30.3 Å². The molecule has 0 aliphatic carbocycles. The van der Waals surface area contributed by atoms with E-state index in [1.54, 1.807) is 0 Å². The van der Waals surface area contributed by atoms with Gasteiger partial charge >= 0.3 is 18.0 Å². The first kappa shape index (κ1) is 22.6. The van der Waals surface area contributed by atoms with Crippen molar-refractivity contribution in [1.82, 2.24) is 9.91 Å². The van der Waals surface area contributed by atoms with Crippen molar-refractivity contribution in [3.05, 3.63) is 35.9 Å². The zero-order valence-electron chi connectivity index (χ0n) is 16.5. The predicted octanol–water partition coefficient (Wildman–Crippen LogP) is 1.27. The molecule has 29 heavy (non-hydrogen) atoms. The Hall–Kier alpha value is -2.65. The van der Waals surface area contributed by atoms with Crippen LogP contribution >= 0.6 is 0 Å². The number of carbonyl (C=O) groups excluding carboxylic acids is 1. The zero-order valence-corrected chi connectivity index (χ0v) is 16.5. The number of nitrogens with two attached hydrogens (primary N) is 2. The first-order valence-electron chi connectivity index (χ1n) is 9.88. The second-order valence-corrected chi connectivity index (χ2v) is 7.37. The van der Waals surface area contributed by atoms with Crippen molar-refractivity contribution in [3.63, 3.8) is 0 Å². The van der Waals surface area contributed by atoms with Gasteiger partial charge in [0, 0.05) is 13.1 Å². The van der Waals surface area contributed by atoms with E-state index in [0.717, 1.165) is 15.5 Å². The summed E-state index contributed by atoms with van der Waals surface area (Å²) >= 11 is 0. The Morgan fingerprint density at radius 1 is 1.17 bits per heavy atom. The standard InChI is InChI=1S/C20H30N4O5/c21-12-4-5-14-24(22)19(29)23-13-6-11-20(23,18(27)28)16(17(25)26)10-9-15-7-2-1-3-8-15/h1-3,7-8,16H,4-6,9-14,21-22H2,(H,25,26)(H,27,28)/t16?,20-/m1/s1. The molecular weight excluding hydrogens is 376 g/mol. The number of hydrazine groups is 1. The summed E-state index contributed by atoms with van der Waals surface area (Å²) in [5, 5.41) is 20.9. The van der Waals surface area contributed by atoms with Crippen LogP contribution in [0.25, 0.3) is 0 Å². The fourth-order valence-electron chi connectivity index (χ4n) is 4.04. The quantitative estimate of drug-likeness (QED) is 0.198. The second-order valence-electron chi connectivity index (χ2n) is 7.37. The van der Waals surface area contributed by atoms with Gasteiger partial charge in [0.2, 0.25) is 0 Å². The molecular formula is C20H30N4O5. The molecule has 2 rings (SSSR count). The summed E-state index contributed by atoms with van der Waals surface area (Å²) in [6, 6.07) is 8.61. The van der Waals surface area contributed by atoms with E-state index >= 15 is 0 Å². The molecule has 6 N–H and O–H groups in total. The molecule has 1 heterocycles. The monoisotopic (exact) mass is 406 g/mol. The number of rotatable bonds is 10. The van der Waals surface area contributed by atoms with Crippen LogP contribution < -0.4 is 11.6 Å². The van der Waals surface area contributed by atoms with Crippen LogP contribution in [0.5, 0.6) is 0 Å². The van der Waals surface area contributed by atoms with Crippen molar-refractivity contribution in [2.75, 3.05) is 19.6 Å². The number of urea groups is 1. The lowest BCUT2D eigenvalue weighted by atomic mass is 9.78. The van der Waals surface area contributed by atoms with E-state index in [-0.39, 0.29) is 25.9 Å². The number of unbranched alkanes of at least 4 members (excludes halogenated alkanes) is 1. The Bertz CT molecular complexity index is 714. The molecule has 1 aliphatic rings. The molecule has 9 nitrogen and oxygen atoms in total. The Labute approximate surface area is 170 Å². The van der Waals surface area contributed by atoms with E-state index in [9.17, 15) is 24.6 Å². The highest BCUT2D eigenvalue weighted by molar-refractivity contribution is 5.92. The minimum atomic E-state index is -1.82. The number of aliphatic carboxylic acids is 2. The summed E-state index contributed by atoms with van der Waals surface area (Å²) in [5.74, 6) is 2.08. The number of aryl methyl sites for hydroxylation is 1. The maximum absolute atomic E-state index is 12.9. The average Bonchev–Trinajstić information content (AvgIpc) is 3.14. The number of benzene rings is 1. The van der Waals surface area contributed by atoms with Crippen LogP contribution in [0, 0.1) is 5.92 Å². The number of hydrogen-bond donors (Lipinski definition) is 4. The van der Waals surface area contributed by atoms with Gasteiger partial charge in [-0.05, 0) is 50.6 Å². The van der Waals surface area contributed by atoms with Gasteiger partial charge < -0.3 is 20.8 Å². The highest BCUT2D eigenvalue weighted by atomic mass is 16.4. The van der Waals surface area contributed by atoms with Crippen molar-refractivity contribution in [2.45, 2.75) is 44.1 Å². The molecule has 0 radical (unpaired) electrons. The lowest BCUT2D eigenvalue weighted by Crippen LogP contribution is -2.63. The summed E-state index contributed by atoms with van der Waals surface area (Å²) in [6.07, 6.45) is 2.26. The fourth-order valence-corrected chi connectivity index (χ4v) is 4.04. The van der Waals surface area contributed by atoms with Gasteiger partial charge in [-0.3, -0.25) is 9.80 Å². The number of carboxylic acid groups (broad SMARTS) is 2. The van der Waals surface area contributed by atoms with Gasteiger partial charge in [-0.15, -0.1) is 0 Å². The van der Waals surface area contributed by atoms with Crippen molar-refractivity contribution < 1.29 is 24.6 Å². The third-order valence-electron chi connectivity index (χ3n) is 5.56. The molecule has 0 spiro atoms. The van der Waals surface area contributed by atoms with Gasteiger partial charge in [0.25, 0.3) is 0 Å². The number of carbonyl (C=O) groups is 3. The number of nitrogens with zero attached hydrogens (tertiary/aromatic N) is 2. The molecule has 160 valence electrons. The lowest BCUT2D eigenvalue weighted by molar-refractivity contribution is -0.162. The van der Waals surface area contributed by atoms with Gasteiger partial charge in [0.15, 0.2) is 5.54 Å². The van der Waals surface area contributed by atoms with Gasteiger partial charge in [-0.1, -0.05) is 30.3 Å². The molecule has 0 bridgehead atoms. The number of carboxylic acids is 2. The smallest absolute Gasteiger partial charge is 0.335 e. The highest BCUT2D eigenvalue weighted by Gasteiger charge is 2.58. The van der Waals surface area contributed by atoms with Gasteiger partial charge in [-0.25, -0.2) is 15.4 Å². The molecule has 1 fully saturated rings. The van der Waals surface area contributed by atoms with E-state index in [4.69, 9.17) is 11.6 Å². The molecule has 0 aromatic heterocycles. The first-order chi connectivity index (χ1) is 13.8. The minimum Gasteiger partial charge on any atom is -0.481 e. The first-order valence-corrected chi connectivity index (χ1v) is 9.88. The molecule has 1 aromatic carbocycles. The normalized spacial score (nSPS) is 19.7. The Morgan fingerprint density at radius 3 is 2.45 bits per heavy atom. The molecule has 2 atom stereocenters. The fraction of sp³-hybridized carbons (Fsp3) is 0.550. The summed E-state index contributed by atoms with van der Waals surface area (Å²) in [4.78, 5) is 38.5. The second kappa shape index (κ2) is 10.2. The van der Waals surface area contributed by atoms with Gasteiger partial charge in [0.05, 0.1) is 5.92 Å². The summed E-state index contributed by atoms with van der Waals surface area (Å²) < 4.78 is 0. The maximum atomic E-state index is 12.9. The maximum Gasteiger partial charge on any atom is 0.335 e. The van der Waals surface area contributed by atoms with Crippen LogP contribution in [0.2, 0.25) is 0 Å². The number of hydrogen-bond acceptors (Lipinski definition) is 5. The molecule has 0 saturated carbocycles. The van der Waals surface area contributed by atoms with E-state index in [1.807, 2.05) is 30.3 Å². The molecule has 1 unspecified atom stereocenters. The van der Waals surface area contributed by atoms with Crippen molar-refractivity contribution in [2.24, 2.45) is 17.5 Å². The number of likely N-dealkylation sites (tertiary alicyclic amines) is 1. The van der Waals surface area contributed by atoms with E-state index in [0.29, 0.717) is 32.2 Å². The third kappa shape index (κ3) is 5.04. The predicted molar refractivity (Wildman–Crippen MR) is 107 cm³/mol. The molecule has 1 aliphatic heterocycles. The van der Waals surface area contributed by atoms with Crippen LogP contribution in [-0.2, 0) is 16.0 Å². The van der Waals surface area contributed by atoms with Gasteiger partial charge in [0.1, 0.15) is 0 Å². The molecule has 9 heteroatoms. The van der Waals surface area contributed by atoms with E-state index in [1.165, 1.54) is 0 Å². The van der Waals surface area contributed by atoms with E-state index < -0.39 is 29.4 Å². The average molecular weight is 406 g/mol. The zero-order chi connectivity index (χ0) is 21.4. The van der Waals surface area contributed by atoms with E-state index in [2.05, 4.69) is 0 Å². The Kier molecular flexibility index (Phi) is 7.98.